The van der Waals surface area contributed by atoms with Crippen LogP contribution in [0.4, 0.5) is 0 Å². The van der Waals surface area contributed by atoms with Gasteiger partial charge in [0.2, 0.25) is 0 Å². The van der Waals surface area contributed by atoms with Gasteiger partial charge in [-0.1, -0.05) is 54.6 Å². The molecule has 1 unspecified atom stereocenters. The van der Waals surface area contributed by atoms with Crippen molar-refractivity contribution in [2.45, 2.75) is 30.7 Å². The van der Waals surface area contributed by atoms with Crippen LogP contribution in [0.5, 0.6) is 0 Å². The molecule has 2 aromatic rings. The number of hydrogen-bond donors (Lipinski definition) is 3. The second-order valence-corrected chi connectivity index (χ2v) is 9.68. The second kappa shape index (κ2) is 16.1. The zero-order valence-electron chi connectivity index (χ0n) is 13.5. The normalized spacial score (nSPS) is 12.1. The average Bonchev–Trinajstić information content (AvgIpc) is 2.50. The Morgan fingerprint density at radius 3 is 1.93 bits per heavy atom. The summed E-state index contributed by atoms with van der Waals surface area (Å²) in [5.41, 5.74) is 3.23. The van der Waals surface area contributed by atoms with Gasteiger partial charge in [0.15, 0.2) is 4.99 Å². The van der Waals surface area contributed by atoms with Crippen molar-refractivity contribution in [3.8, 4) is 0 Å². The van der Waals surface area contributed by atoms with Gasteiger partial charge in [-0.25, -0.2) is 0 Å². The topological polar surface area (TPSA) is 112 Å². The zero-order chi connectivity index (χ0) is 18.5. The first-order chi connectivity index (χ1) is 11.7. The molecular formula is C17H24K3O6PS. The van der Waals surface area contributed by atoms with Crippen molar-refractivity contribution in [2.24, 2.45) is 0 Å². The van der Waals surface area contributed by atoms with Crippen molar-refractivity contribution in [2.75, 3.05) is 0 Å². The Hall–Kier alpha value is 3.41. The van der Waals surface area contributed by atoms with E-state index < -0.39 is 22.7 Å². The summed E-state index contributed by atoms with van der Waals surface area (Å²) >= 11 is 0. The van der Waals surface area contributed by atoms with E-state index in [1.165, 1.54) is 5.56 Å². The fraction of sp³-hybridized carbons (Fsp3) is 0.294. The van der Waals surface area contributed by atoms with Crippen molar-refractivity contribution in [3.63, 3.8) is 0 Å². The van der Waals surface area contributed by atoms with Gasteiger partial charge >= 0.3 is 162 Å². The molecule has 0 saturated heterocycles. The predicted molar refractivity (Wildman–Crippen MR) is 117 cm³/mol. The number of aryl methyl sites for hydroxylation is 1. The summed E-state index contributed by atoms with van der Waals surface area (Å²) in [6.45, 7) is 0. The quantitative estimate of drug-likeness (QED) is 0.281. The van der Waals surface area contributed by atoms with Crippen molar-refractivity contribution < 1.29 is 27.3 Å². The van der Waals surface area contributed by atoms with E-state index >= 15 is 0 Å². The van der Waals surface area contributed by atoms with Gasteiger partial charge in [0.1, 0.15) is 0 Å². The summed E-state index contributed by atoms with van der Waals surface area (Å²) in [7, 11) is -9.70. The molecule has 2 aromatic carbocycles. The molecule has 0 saturated carbocycles. The Morgan fingerprint density at radius 1 is 0.857 bits per heavy atom. The first-order valence-electron chi connectivity index (χ1n) is 7.79. The van der Waals surface area contributed by atoms with Crippen molar-refractivity contribution in [1.82, 2.24) is 0 Å². The van der Waals surface area contributed by atoms with Crippen LogP contribution in [-0.4, -0.2) is 182 Å². The van der Waals surface area contributed by atoms with Crippen LogP contribution in [0.25, 0.3) is 0 Å². The van der Waals surface area contributed by atoms with E-state index in [9.17, 15) is 13.0 Å². The van der Waals surface area contributed by atoms with E-state index in [1.54, 1.807) is 0 Å². The van der Waals surface area contributed by atoms with Crippen LogP contribution in [0.1, 0.15) is 29.5 Å². The molecule has 0 aliphatic rings. The maximum absolute atomic E-state index is 11.2. The molecule has 0 radical (unpaired) electrons. The molecule has 0 spiro atoms. The third-order valence-corrected chi connectivity index (χ3v) is 7.43. The Balaban J connectivity index is 0. The van der Waals surface area contributed by atoms with Gasteiger partial charge in [-0.2, -0.15) is 8.42 Å². The number of rotatable bonds is 8. The summed E-state index contributed by atoms with van der Waals surface area (Å²) in [5.74, 6) is 0. The molecule has 0 amide bonds. The minimum absolute atomic E-state index is 0. The third kappa shape index (κ3) is 12.6. The maximum atomic E-state index is 11.2. The Labute approximate surface area is 294 Å². The van der Waals surface area contributed by atoms with E-state index in [2.05, 4.69) is 0 Å². The van der Waals surface area contributed by atoms with Crippen molar-refractivity contribution in [1.29, 1.82) is 0 Å². The van der Waals surface area contributed by atoms with Gasteiger partial charge in [-0.05, 0) is 42.4 Å². The van der Waals surface area contributed by atoms with E-state index in [4.69, 9.17) is 14.3 Å². The second-order valence-electron chi connectivity index (χ2n) is 5.93. The molecule has 0 aliphatic heterocycles. The first kappa shape index (κ1) is 33.6. The molecular weight excluding hydrogens is 481 g/mol. The third-order valence-electron chi connectivity index (χ3n) is 3.88. The summed E-state index contributed by atoms with van der Waals surface area (Å²) in [5, 5.41) is 0. The van der Waals surface area contributed by atoms with Crippen LogP contribution in [0.15, 0.2) is 54.6 Å². The Morgan fingerprint density at radius 2 is 1.39 bits per heavy atom. The van der Waals surface area contributed by atoms with Crippen LogP contribution in [0.3, 0.4) is 0 Å². The van der Waals surface area contributed by atoms with Crippen molar-refractivity contribution in [3.05, 3.63) is 71.3 Å². The summed E-state index contributed by atoms with van der Waals surface area (Å²) in [4.78, 5) is 16.1. The average molecular weight is 505 g/mol. The Kier molecular flexibility index (Phi) is 19.3. The first-order valence-corrected chi connectivity index (χ1v) is 11.0. The summed E-state index contributed by atoms with van der Waals surface area (Å²) < 4.78 is 42.5. The fourth-order valence-corrected chi connectivity index (χ4v) is 5.07. The van der Waals surface area contributed by atoms with Gasteiger partial charge in [-0.15, -0.1) is 0 Å². The van der Waals surface area contributed by atoms with Crippen LogP contribution in [-0.2, 0) is 27.5 Å². The molecule has 0 aromatic heterocycles. The van der Waals surface area contributed by atoms with Crippen LogP contribution >= 0.6 is 7.60 Å². The molecule has 3 N–H and O–H groups in total. The minimum atomic E-state index is -4.91. The van der Waals surface area contributed by atoms with E-state index in [1.807, 2.05) is 54.6 Å². The predicted octanol–water partition coefficient (Wildman–Crippen LogP) is 1.05. The SMILES string of the molecule is O=P(O)(O)C(CCCc1cccc(Cc2ccccc2)c1)S(=O)(=O)O.[KH].[KH].[KH]. The fourth-order valence-electron chi connectivity index (χ4n) is 2.70. The molecule has 11 heteroatoms. The summed E-state index contributed by atoms with van der Waals surface area (Å²) in [6.07, 6.45) is 1.18. The number of benzene rings is 2. The van der Waals surface area contributed by atoms with Gasteiger partial charge in [0, 0.05) is 0 Å². The zero-order valence-corrected chi connectivity index (χ0v) is 15.2. The van der Waals surface area contributed by atoms with Crippen LogP contribution in [0, 0.1) is 0 Å². The number of hydrogen-bond acceptors (Lipinski definition) is 3. The van der Waals surface area contributed by atoms with E-state index in [-0.39, 0.29) is 167 Å². The molecule has 0 aliphatic carbocycles. The molecule has 1 atom stereocenters. The van der Waals surface area contributed by atoms with Gasteiger partial charge in [0.25, 0.3) is 10.1 Å². The van der Waals surface area contributed by atoms with Crippen LogP contribution < -0.4 is 0 Å². The molecule has 0 heterocycles. The molecule has 0 bridgehead atoms. The van der Waals surface area contributed by atoms with Gasteiger partial charge in [0.05, 0.1) is 0 Å². The monoisotopic (exact) mass is 504 g/mol. The van der Waals surface area contributed by atoms with Crippen LogP contribution in [0.2, 0.25) is 0 Å². The molecule has 142 valence electrons. The molecule has 0 fully saturated rings. The molecule has 6 nitrogen and oxygen atoms in total. The van der Waals surface area contributed by atoms with E-state index in [0.717, 1.165) is 17.5 Å². The molecule has 28 heavy (non-hydrogen) atoms. The van der Waals surface area contributed by atoms with E-state index in [0.29, 0.717) is 6.42 Å². The summed E-state index contributed by atoms with van der Waals surface area (Å²) in [6, 6.07) is 17.7. The Bertz CT molecular complexity index is 858. The standard InChI is InChI=1S/C17H21O6PS.3K.3H/c18-24(19,20)17(25(21,22)23)11-5-9-15-8-4-10-16(13-15)12-14-6-2-1-3-7-14;;;;;;/h1-4,6-8,10,13,17H,5,9,11-12H2,(H2,18,19,20)(H,21,22,23);;;;;;. The van der Waals surface area contributed by atoms with Gasteiger partial charge < -0.3 is 9.79 Å². The molecule has 2 rings (SSSR count). The van der Waals surface area contributed by atoms with Crippen molar-refractivity contribution >= 4 is 172 Å². The van der Waals surface area contributed by atoms with Gasteiger partial charge in [-0.3, -0.25) is 9.12 Å².